The number of para-hydroxylation sites is 2. The number of amides is 1. The molecule has 6 nitrogen and oxygen atoms in total. The van der Waals surface area contributed by atoms with Gasteiger partial charge in [-0.2, -0.15) is 0 Å². The lowest BCUT2D eigenvalue weighted by atomic mass is 10.3. The molecule has 1 amide bonds. The van der Waals surface area contributed by atoms with Gasteiger partial charge in [-0.1, -0.05) is 59.2 Å². The van der Waals surface area contributed by atoms with E-state index in [2.05, 4.69) is 15.5 Å². The minimum absolute atomic E-state index is 0.253. The van der Waals surface area contributed by atoms with Crippen molar-refractivity contribution in [3.63, 3.8) is 0 Å². The predicted octanol–water partition coefficient (Wildman–Crippen LogP) is 5.95. The van der Waals surface area contributed by atoms with E-state index in [1.807, 2.05) is 41.0 Å². The van der Waals surface area contributed by atoms with Crippen molar-refractivity contribution >= 4 is 46.6 Å². The van der Waals surface area contributed by atoms with Crippen LogP contribution in [0.25, 0.3) is 17.3 Å². The molecule has 0 bridgehead atoms. The highest BCUT2D eigenvalue weighted by molar-refractivity contribution is 8.00. The van der Waals surface area contributed by atoms with Crippen molar-refractivity contribution in [1.29, 1.82) is 0 Å². The van der Waals surface area contributed by atoms with Gasteiger partial charge in [0.05, 0.1) is 27.2 Å². The van der Waals surface area contributed by atoms with Crippen LogP contribution in [0.1, 0.15) is 6.92 Å². The lowest BCUT2D eigenvalue weighted by Gasteiger charge is -2.14. The molecule has 0 aliphatic rings. The molecule has 0 aliphatic heterocycles. The van der Waals surface area contributed by atoms with Crippen LogP contribution in [0, 0.1) is 0 Å². The van der Waals surface area contributed by atoms with Gasteiger partial charge in [0.25, 0.3) is 0 Å². The first kappa shape index (κ1) is 20.5. The molecule has 0 radical (unpaired) electrons. The van der Waals surface area contributed by atoms with Crippen LogP contribution in [0.2, 0.25) is 10.0 Å². The van der Waals surface area contributed by atoms with Gasteiger partial charge in [0.1, 0.15) is 0 Å². The summed E-state index contributed by atoms with van der Waals surface area (Å²) in [6.45, 7) is 1.78. The third-order valence-corrected chi connectivity index (χ3v) is 5.92. The molecule has 0 saturated heterocycles. The zero-order valence-corrected chi connectivity index (χ0v) is 18.1. The summed E-state index contributed by atoms with van der Waals surface area (Å²) in [5, 5.41) is 12.2. The topological polar surface area (TPSA) is 73.0 Å². The van der Waals surface area contributed by atoms with Crippen LogP contribution in [0.5, 0.6) is 0 Å². The molecule has 1 atom stereocenters. The van der Waals surface area contributed by atoms with Crippen LogP contribution in [0.15, 0.2) is 76.5 Å². The third-order valence-electron chi connectivity index (χ3n) is 4.25. The minimum Gasteiger partial charge on any atom is -0.461 e. The van der Waals surface area contributed by atoms with Crippen LogP contribution in [-0.2, 0) is 4.79 Å². The lowest BCUT2D eigenvalue weighted by Crippen LogP contribution is -2.23. The second-order valence-electron chi connectivity index (χ2n) is 6.30. The van der Waals surface area contributed by atoms with Crippen molar-refractivity contribution in [2.24, 2.45) is 0 Å². The van der Waals surface area contributed by atoms with Gasteiger partial charge in [0.2, 0.25) is 11.7 Å². The van der Waals surface area contributed by atoms with Gasteiger partial charge in [-0.25, -0.2) is 0 Å². The fraction of sp³-hybridized carbons (Fsp3) is 0.0952. The molecule has 0 saturated carbocycles. The molecule has 2 aromatic carbocycles. The second-order valence-corrected chi connectivity index (χ2v) is 8.42. The first-order valence-electron chi connectivity index (χ1n) is 9.01. The second kappa shape index (κ2) is 8.95. The SMILES string of the molecule is CC(Sc1nnc(-c2ccco2)n1-c1ccccc1)C(=O)Nc1c(Cl)cccc1Cl. The maximum absolute atomic E-state index is 12.8. The number of rotatable bonds is 6. The van der Waals surface area contributed by atoms with Crippen molar-refractivity contribution in [1.82, 2.24) is 14.8 Å². The summed E-state index contributed by atoms with van der Waals surface area (Å²) in [6, 6.07) is 18.3. The number of hydrogen-bond acceptors (Lipinski definition) is 5. The Balaban J connectivity index is 1.62. The third kappa shape index (κ3) is 4.23. The molecule has 4 rings (SSSR count). The summed E-state index contributed by atoms with van der Waals surface area (Å²) in [4.78, 5) is 12.8. The van der Waals surface area contributed by atoms with Crippen LogP contribution >= 0.6 is 35.0 Å². The van der Waals surface area contributed by atoms with E-state index < -0.39 is 5.25 Å². The van der Waals surface area contributed by atoms with Crippen LogP contribution < -0.4 is 5.32 Å². The number of carbonyl (C=O) groups excluding carboxylic acids is 1. The van der Waals surface area contributed by atoms with E-state index in [0.29, 0.717) is 32.5 Å². The standard InChI is InChI=1S/C21H16Cl2N4O2S/c1-13(20(28)24-18-15(22)9-5-10-16(18)23)30-21-26-25-19(17-11-6-12-29-17)27(21)14-7-3-2-4-8-14/h2-13H,1H3,(H,24,28). The fourth-order valence-corrected chi connectivity index (χ4v) is 4.13. The Labute approximate surface area is 187 Å². The summed E-state index contributed by atoms with van der Waals surface area (Å²) < 4.78 is 7.37. The maximum atomic E-state index is 12.8. The monoisotopic (exact) mass is 458 g/mol. The number of benzene rings is 2. The van der Waals surface area contributed by atoms with Crippen LogP contribution in [-0.4, -0.2) is 25.9 Å². The Morgan fingerprint density at radius 3 is 2.43 bits per heavy atom. The number of nitrogens with zero attached hydrogens (tertiary/aromatic N) is 3. The highest BCUT2D eigenvalue weighted by Gasteiger charge is 2.23. The van der Waals surface area contributed by atoms with Crippen LogP contribution in [0.4, 0.5) is 5.69 Å². The van der Waals surface area contributed by atoms with Crippen molar-refractivity contribution in [3.8, 4) is 17.3 Å². The van der Waals surface area contributed by atoms with Gasteiger partial charge in [-0.3, -0.25) is 9.36 Å². The molecule has 2 aromatic heterocycles. The summed E-state index contributed by atoms with van der Waals surface area (Å²) >= 11 is 13.6. The molecule has 30 heavy (non-hydrogen) atoms. The van der Waals surface area contributed by atoms with Gasteiger partial charge in [0.15, 0.2) is 10.9 Å². The predicted molar refractivity (Wildman–Crippen MR) is 119 cm³/mol. The molecule has 0 aliphatic carbocycles. The Morgan fingerprint density at radius 1 is 1.03 bits per heavy atom. The first-order valence-corrected chi connectivity index (χ1v) is 10.6. The summed E-state index contributed by atoms with van der Waals surface area (Å²) in [5.74, 6) is 0.880. The first-order chi connectivity index (χ1) is 14.5. The molecule has 2 heterocycles. The molecule has 152 valence electrons. The Hall–Kier alpha value is -2.74. The van der Waals surface area contributed by atoms with Gasteiger partial charge < -0.3 is 9.73 Å². The average Bonchev–Trinajstić information content (AvgIpc) is 3.41. The van der Waals surface area contributed by atoms with Crippen molar-refractivity contribution in [3.05, 3.63) is 77.0 Å². The summed E-state index contributed by atoms with van der Waals surface area (Å²) in [7, 11) is 0. The number of hydrogen-bond donors (Lipinski definition) is 1. The van der Waals surface area contributed by atoms with Crippen molar-refractivity contribution in [2.45, 2.75) is 17.3 Å². The molecular formula is C21H16Cl2N4O2S. The van der Waals surface area contributed by atoms with Crippen LogP contribution in [0.3, 0.4) is 0 Å². The van der Waals surface area contributed by atoms with E-state index >= 15 is 0 Å². The number of thioether (sulfide) groups is 1. The normalized spacial score (nSPS) is 12.0. The largest absolute Gasteiger partial charge is 0.461 e. The molecule has 1 unspecified atom stereocenters. The van der Waals surface area contributed by atoms with Crippen molar-refractivity contribution < 1.29 is 9.21 Å². The number of aromatic nitrogens is 3. The van der Waals surface area contributed by atoms with Gasteiger partial charge in [-0.15, -0.1) is 10.2 Å². The average molecular weight is 459 g/mol. The number of halogens is 2. The van der Waals surface area contributed by atoms with Gasteiger partial charge in [0, 0.05) is 5.69 Å². The fourth-order valence-electron chi connectivity index (χ4n) is 2.78. The van der Waals surface area contributed by atoms with E-state index in [9.17, 15) is 4.79 Å². The molecular weight excluding hydrogens is 443 g/mol. The number of anilines is 1. The number of carbonyl (C=O) groups is 1. The molecule has 4 aromatic rings. The van der Waals surface area contributed by atoms with E-state index in [1.165, 1.54) is 11.8 Å². The van der Waals surface area contributed by atoms with Gasteiger partial charge in [-0.05, 0) is 43.3 Å². The van der Waals surface area contributed by atoms with E-state index in [0.717, 1.165) is 5.69 Å². The smallest absolute Gasteiger partial charge is 0.237 e. The molecule has 9 heteroatoms. The van der Waals surface area contributed by atoms with E-state index in [4.69, 9.17) is 27.6 Å². The van der Waals surface area contributed by atoms with Gasteiger partial charge >= 0.3 is 0 Å². The number of furan rings is 1. The van der Waals surface area contributed by atoms with E-state index in [1.54, 1.807) is 37.5 Å². The highest BCUT2D eigenvalue weighted by atomic mass is 35.5. The minimum atomic E-state index is -0.492. The summed E-state index contributed by atoms with van der Waals surface area (Å²) in [5.41, 5.74) is 1.25. The zero-order valence-electron chi connectivity index (χ0n) is 15.8. The summed E-state index contributed by atoms with van der Waals surface area (Å²) in [6.07, 6.45) is 1.58. The molecule has 1 N–H and O–H groups in total. The Morgan fingerprint density at radius 2 is 1.77 bits per heavy atom. The highest BCUT2D eigenvalue weighted by Crippen LogP contribution is 2.33. The van der Waals surface area contributed by atoms with E-state index in [-0.39, 0.29) is 5.91 Å². The maximum Gasteiger partial charge on any atom is 0.237 e. The van der Waals surface area contributed by atoms with Crippen molar-refractivity contribution in [2.75, 3.05) is 5.32 Å². The zero-order chi connectivity index (χ0) is 21.1. The Kier molecular flexibility index (Phi) is 6.13. The number of nitrogens with one attached hydrogen (secondary N) is 1. The molecule has 0 spiro atoms. The Bertz CT molecular complexity index is 1140. The molecule has 0 fully saturated rings. The lowest BCUT2D eigenvalue weighted by molar-refractivity contribution is -0.115. The quantitative estimate of drug-likeness (QED) is 0.361.